The van der Waals surface area contributed by atoms with Crippen LogP contribution in [-0.2, 0) is 5.41 Å². The van der Waals surface area contributed by atoms with Crippen molar-refractivity contribution in [3.8, 4) is 5.69 Å². The van der Waals surface area contributed by atoms with Gasteiger partial charge in [-0.15, -0.1) is 0 Å². The van der Waals surface area contributed by atoms with Gasteiger partial charge in [-0.2, -0.15) is 0 Å². The molecule has 0 saturated carbocycles. The summed E-state index contributed by atoms with van der Waals surface area (Å²) in [4.78, 5) is 10.0. The number of hydrogen-bond donors (Lipinski definition) is 0. The molecular formula is C18H22N2O2. The first-order chi connectivity index (χ1) is 10.2. The van der Waals surface area contributed by atoms with E-state index in [1.54, 1.807) is 6.08 Å². The molecule has 0 bridgehead atoms. The number of benzene rings is 1. The van der Waals surface area contributed by atoms with Crippen molar-refractivity contribution in [1.82, 2.24) is 4.57 Å². The summed E-state index contributed by atoms with van der Waals surface area (Å²) in [5.74, 6) is 0. The smallest absolute Gasteiger partial charge is 0.235 e. The standard InChI is InChI=1S/C18H22N2O2/c1-13-12-15(10-11-19(21)22)14(2)20(13)17-8-6-16(7-9-17)18(3,4)5/h6-12H,1-5H3/b11-10+. The second kappa shape index (κ2) is 5.79. The van der Waals surface area contributed by atoms with Crippen LogP contribution >= 0.6 is 0 Å². The highest BCUT2D eigenvalue weighted by Crippen LogP contribution is 2.26. The molecule has 0 aliphatic rings. The van der Waals surface area contributed by atoms with Crippen LogP contribution in [0.4, 0.5) is 0 Å². The summed E-state index contributed by atoms with van der Waals surface area (Å²) in [5.41, 5.74) is 5.41. The molecule has 0 atom stereocenters. The van der Waals surface area contributed by atoms with Crippen LogP contribution in [-0.4, -0.2) is 9.49 Å². The summed E-state index contributed by atoms with van der Waals surface area (Å²) in [6.07, 6.45) is 2.52. The third-order valence-electron chi connectivity index (χ3n) is 3.84. The Morgan fingerprint density at radius 2 is 1.73 bits per heavy atom. The van der Waals surface area contributed by atoms with Crippen molar-refractivity contribution >= 4 is 6.08 Å². The van der Waals surface area contributed by atoms with Crippen LogP contribution in [0.25, 0.3) is 11.8 Å². The molecule has 4 nitrogen and oxygen atoms in total. The number of nitrogens with zero attached hydrogens (tertiary/aromatic N) is 2. The topological polar surface area (TPSA) is 48.1 Å². The maximum absolute atomic E-state index is 10.5. The quantitative estimate of drug-likeness (QED) is 0.612. The second-order valence-electron chi connectivity index (χ2n) is 6.56. The van der Waals surface area contributed by atoms with Crippen molar-refractivity contribution in [3.05, 3.63) is 69.2 Å². The number of hydrogen-bond acceptors (Lipinski definition) is 2. The minimum Gasteiger partial charge on any atom is -0.318 e. The molecule has 2 aromatic rings. The van der Waals surface area contributed by atoms with Crippen molar-refractivity contribution in [2.45, 2.75) is 40.0 Å². The van der Waals surface area contributed by atoms with Gasteiger partial charge < -0.3 is 4.57 Å². The summed E-state index contributed by atoms with van der Waals surface area (Å²) in [5, 5.41) is 10.5. The highest BCUT2D eigenvalue weighted by Gasteiger charge is 2.14. The Hall–Kier alpha value is -2.36. The van der Waals surface area contributed by atoms with Gasteiger partial charge in [-0.05, 0) is 43.0 Å². The predicted molar refractivity (Wildman–Crippen MR) is 90.0 cm³/mol. The van der Waals surface area contributed by atoms with E-state index < -0.39 is 4.92 Å². The Kier molecular flexibility index (Phi) is 4.22. The average molecular weight is 298 g/mol. The largest absolute Gasteiger partial charge is 0.318 e. The van der Waals surface area contributed by atoms with E-state index in [0.717, 1.165) is 28.8 Å². The van der Waals surface area contributed by atoms with Crippen LogP contribution in [0.3, 0.4) is 0 Å². The first-order valence-corrected chi connectivity index (χ1v) is 7.31. The number of aromatic nitrogens is 1. The van der Waals surface area contributed by atoms with E-state index in [-0.39, 0.29) is 5.41 Å². The molecule has 0 unspecified atom stereocenters. The van der Waals surface area contributed by atoms with Gasteiger partial charge in [0.2, 0.25) is 6.20 Å². The molecule has 2 rings (SSSR count). The molecular weight excluding hydrogens is 276 g/mol. The molecule has 0 amide bonds. The molecule has 22 heavy (non-hydrogen) atoms. The summed E-state index contributed by atoms with van der Waals surface area (Å²) < 4.78 is 2.12. The molecule has 4 heteroatoms. The SMILES string of the molecule is Cc1cc(/C=C/[N+](=O)[O-])c(C)n1-c1ccc(C(C)(C)C)cc1. The lowest BCUT2D eigenvalue weighted by atomic mass is 9.87. The van der Waals surface area contributed by atoms with Gasteiger partial charge >= 0.3 is 0 Å². The Balaban J connectivity index is 2.43. The van der Waals surface area contributed by atoms with Crippen LogP contribution in [0, 0.1) is 24.0 Å². The normalized spacial score (nSPS) is 12.0. The van der Waals surface area contributed by atoms with Crippen LogP contribution in [0.5, 0.6) is 0 Å². The molecule has 0 aliphatic heterocycles. The Bertz CT molecular complexity index is 717. The monoisotopic (exact) mass is 298 g/mol. The van der Waals surface area contributed by atoms with Gasteiger partial charge in [0.25, 0.3) is 0 Å². The summed E-state index contributed by atoms with van der Waals surface area (Å²) in [6, 6.07) is 10.4. The van der Waals surface area contributed by atoms with E-state index in [4.69, 9.17) is 0 Å². The maximum Gasteiger partial charge on any atom is 0.235 e. The zero-order valence-electron chi connectivity index (χ0n) is 13.8. The molecule has 0 spiro atoms. The zero-order chi connectivity index (χ0) is 16.5. The molecule has 1 aromatic carbocycles. The minimum atomic E-state index is -0.440. The molecule has 0 aliphatic carbocycles. The molecule has 116 valence electrons. The van der Waals surface area contributed by atoms with Gasteiger partial charge in [0, 0.05) is 28.7 Å². The first-order valence-electron chi connectivity index (χ1n) is 7.31. The fraction of sp³-hybridized carbons (Fsp3) is 0.333. The Labute approximate surface area is 131 Å². The van der Waals surface area contributed by atoms with Crippen molar-refractivity contribution in [2.24, 2.45) is 0 Å². The van der Waals surface area contributed by atoms with Crippen molar-refractivity contribution in [3.63, 3.8) is 0 Å². The lowest BCUT2D eigenvalue weighted by Gasteiger charge is -2.20. The van der Waals surface area contributed by atoms with Gasteiger partial charge in [0.1, 0.15) is 0 Å². The highest BCUT2D eigenvalue weighted by atomic mass is 16.6. The van der Waals surface area contributed by atoms with E-state index in [0.29, 0.717) is 0 Å². The molecule has 0 N–H and O–H groups in total. The third kappa shape index (κ3) is 3.27. The van der Waals surface area contributed by atoms with Crippen molar-refractivity contribution in [1.29, 1.82) is 0 Å². The van der Waals surface area contributed by atoms with Gasteiger partial charge in [0.05, 0.1) is 4.92 Å². The lowest BCUT2D eigenvalue weighted by Crippen LogP contribution is -2.11. The van der Waals surface area contributed by atoms with Crippen LogP contribution in [0.1, 0.15) is 43.3 Å². The number of nitro groups is 1. The van der Waals surface area contributed by atoms with Crippen molar-refractivity contribution < 1.29 is 4.92 Å². The first kappa shape index (κ1) is 16.0. The molecule has 0 radical (unpaired) electrons. The lowest BCUT2D eigenvalue weighted by molar-refractivity contribution is -0.400. The van der Waals surface area contributed by atoms with Gasteiger partial charge in [-0.1, -0.05) is 32.9 Å². The van der Waals surface area contributed by atoms with Gasteiger partial charge in [-0.25, -0.2) is 0 Å². The second-order valence-corrected chi connectivity index (χ2v) is 6.56. The fourth-order valence-electron chi connectivity index (χ4n) is 2.61. The van der Waals surface area contributed by atoms with E-state index in [2.05, 4.69) is 49.6 Å². The van der Waals surface area contributed by atoms with Crippen molar-refractivity contribution in [2.75, 3.05) is 0 Å². The summed E-state index contributed by atoms with van der Waals surface area (Å²) in [7, 11) is 0. The molecule has 0 fully saturated rings. The van der Waals surface area contributed by atoms with Crippen LogP contribution in [0.15, 0.2) is 36.5 Å². The van der Waals surface area contributed by atoms with Gasteiger partial charge in [0.15, 0.2) is 0 Å². The average Bonchev–Trinajstić information content (AvgIpc) is 2.70. The van der Waals surface area contributed by atoms with Gasteiger partial charge in [-0.3, -0.25) is 10.1 Å². The Morgan fingerprint density at radius 3 is 2.23 bits per heavy atom. The minimum absolute atomic E-state index is 0.124. The van der Waals surface area contributed by atoms with E-state index in [1.165, 1.54) is 5.56 Å². The number of rotatable bonds is 3. The maximum atomic E-state index is 10.5. The summed E-state index contributed by atoms with van der Waals surface area (Å²) in [6.45, 7) is 10.6. The molecule has 1 heterocycles. The predicted octanol–water partition coefficient (Wildman–Crippen LogP) is 4.64. The Morgan fingerprint density at radius 1 is 1.14 bits per heavy atom. The molecule has 0 saturated heterocycles. The van der Waals surface area contributed by atoms with Crippen LogP contribution in [0.2, 0.25) is 0 Å². The van der Waals surface area contributed by atoms with E-state index in [1.807, 2.05) is 19.9 Å². The van der Waals surface area contributed by atoms with Crippen LogP contribution < -0.4 is 0 Å². The summed E-state index contributed by atoms with van der Waals surface area (Å²) >= 11 is 0. The fourth-order valence-corrected chi connectivity index (χ4v) is 2.61. The van der Waals surface area contributed by atoms with E-state index >= 15 is 0 Å². The molecule has 1 aromatic heterocycles. The highest BCUT2D eigenvalue weighted by molar-refractivity contribution is 5.55. The zero-order valence-corrected chi connectivity index (χ0v) is 13.8. The van der Waals surface area contributed by atoms with E-state index in [9.17, 15) is 10.1 Å². The number of aryl methyl sites for hydroxylation is 1. The third-order valence-corrected chi connectivity index (χ3v) is 3.84.